The molecule has 0 radical (unpaired) electrons. The van der Waals surface area contributed by atoms with E-state index in [1.165, 1.54) is 0 Å². The summed E-state index contributed by atoms with van der Waals surface area (Å²) in [5.74, 6) is 1.70. The molecule has 0 saturated heterocycles. The van der Waals surface area contributed by atoms with Gasteiger partial charge in [-0.1, -0.05) is 24.3 Å². The lowest BCUT2D eigenvalue weighted by atomic mass is 10.1. The van der Waals surface area contributed by atoms with E-state index in [0.29, 0.717) is 6.54 Å². The van der Waals surface area contributed by atoms with Crippen molar-refractivity contribution in [1.29, 1.82) is 0 Å². The second kappa shape index (κ2) is 8.04. The maximum absolute atomic E-state index is 12.0. The lowest BCUT2D eigenvalue weighted by Crippen LogP contribution is -2.30. The monoisotopic (exact) mass is 351 g/mol. The highest BCUT2D eigenvalue weighted by molar-refractivity contribution is 5.77. The SMILES string of the molecule is Cc1ccc(C)c(OCC(=O)NCCCc2nc3ccccc3n2C)c1. The predicted octanol–water partition coefficient (Wildman–Crippen LogP) is 3.32. The third-order valence-electron chi connectivity index (χ3n) is 4.48. The molecule has 1 aromatic heterocycles. The third kappa shape index (κ3) is 4.23. The second-order valence-electron chi connectivity index (χ2n) is 6.59. The van der Waals surface area contributed by atoms with Gasteiger partial charge in [0.15, 0.2) is 6.61 Å². The standard InChI is InChI=1S/C21H25N3O2/c1-15-10-11-16(2)19(13-15)26-14-21(25)22-12-6-9-20-23-17-7-4-5-8-18(17)24(20)3/h4-5,7-8,10-11,13H,6,9,12,14H2,1-3H3,(H,22,25). The van der Waals surface area contributed by atoms with Gasteiger partial charge in [-0.3, -0.25) is 4.79 Å². The molecule has 1 amide bonds. The number of benzene rings is 2. The van der Waals surface area contributed by atoms with E-state index in [1.54, 1.807) is 0 Å². The highest BCUT2D eigenvalue weighted by Gasteiger charge is 2.08. The van der Waals surface area contributed by atoms with Gasteiger partial charge in [-0.05, 0) is 49.6 Å². The quantitative estimate of drug-likeness (QED) is 0.665. The molecule has 0 spiro atoms. The maximum Gasteiger partial charge on any atom is 0.257 e. The molecule has 0 atom stereocenters. The molecule has 3 aromatic rings. The molecule has 5 heteroatoms. The van der Waals surface area contributed by atoms with Crippen LogP contribution in [0.1, 0.15) is 23.4 Å². The number of ether oxygens (including phenoxy) is 1. The number of aryl methyl sites for hydroxylation is 4. The van der Waals surface area contributed by atoms with Gasteiger partial charge in [0.1, 0.15) is 11.6 Å². The van der Waals surface area contributed by atoms with E-state index in [4.69, 9.17) is 4.74 Å². The lowest BCUT2D eigenvalue weighted by Gasteiger charge is -2.10. The number of nitrogens with one attached hydrogen (secondary N) is 1. The molecule has 1 N–H and O–H groups in total. The lowest BCUT2D eigenvalue weighted by molar-refractivity contribution is -0.123. The highest BCUT2D eigenvalue weighted by Crippen LogP contribution is 2.19. The van der Waals surface area contributed by atoms with Crippen LogP contribution in [0.2, 0.25) is 0 Å². The molecule has 0 fully saturated rings. The molecule has 0 saturated carbocycles. The van der Waals surface area contributed by atoms with E-state index in [1.807, 2.05) is 57.3 Å². The molecule has 0 aliphatic heterocycles. The van der Waals surface area contributed by atoms with Crippen LogP contribution in [0.25, 0.3) is 11.0 Å². The maximum atomic E-state index is 12.0. The first-order chi connectivity index (χ1) is 12.5. The van der Waals surface area contributed by atoms with Crippen LogP contribution >= 0.6 is 0 Å². The van der Waals surface area contributed by atoms with E-state index in [-0.39, 0.29) is 12.5 Å². The summed E-state index contributed by atoms with van der Waals surface area (Å²) >= 11 is 0. The number of carbonyl (C=O) groups is 1. The first kappa shape index (κ1) is 18.0. The molecule has 26 heavy (non-hydrogen) atoms. The molecule has 1 heterocycles. The number of hydrogen-bond acceptors (Lipinski definition) is 3. The molecule has 0 bridgehead atoms. The Morgan fingerprint density at radius 1 is 1.19 bits per heavy atom. The molecule has 5 nitrogen and oxygen atoms in total. The number of aromatic nitrogens is 2. The average molecular weight is 351 g/mol. The van der Waals surface area contributed by atoms with E-state index in [0.717, 1.165) is 46.6 Å². The Morgan fingerprint density at radius 2 is 2.00 bits per heavy atom. The van der Waals surface area contributed by atoms with E-state index in [2.05, 4.69) is 20.9 Å². The molecular formula is C21H25N3O2. The van der Waals surface area contributed by atoms with Crippen molar-refractivity contribution in [2.75, 3.05) is 13.2 Å². The Morgan fingerprint density at radius 3 is 2.81 bits per heavy atom. The number of para-hydroxylation sites is 2. The summed E-state index contributed by atoms with van der Waals surface area (Å²) in [5, 5.41) is 2.91. The van der Waals surface area contributed by atoms with Crippen LogP contribution in [-0.2, 0) is 18.3 Å². The molecule has 3 rings (SSSR count). The Labute approximate surface area is 154 Å². The fourth-order valence-corrected chi connectivity index (χ4v) is 2.95. The number of hydrogen-bond donors (Lipinski definition) is 1. The number of nitrogens with zero attached hydrogens (tertiary/aromatic N) is 2. The van der Waals surface area contributed by atoms with Crippen molar-refractivity contribution in [3.63, 3.8) is 0 Å². The average Bonchev–Trinajstić information content (AvgIpc) is 2.96. The Hall–Kier alpha value is -2.82. The first-order valence-electron chi connectivity index (χ1n) is 8.91. The Bertz CT molecular complexity index is 915. The summed E-state index contributed by atoms with van der Waals surface area (Å²) < 4.78 is 7.74. The van der Waals surface area contributed by atoms with Gasteiger partial charge in [-0.25, -0.2) is 4.98 Å². The van der Waals surface area contributed by atoms with Crippen molar-refractivity contribution < 1.29 is 9.53 Å². The third-order valence-corrected chi connectivity index (χ3v) is 4.48. The topological polar surface area (TPSA) is 56.1 Å². The zero-order valence-corrected chi connectivity index (χ0v) is 15.6. The second-order valence-corrected chi connectivity index (χ2v) is 6.59. The van der Waals surface area contributed by atoms with Gasteiger partial charge in [-0.2, -0.15) is 0 Å². The summed E-state index contributed by atoms with van der Waals surface area (Å²) in [5.41, 5.74) is 4.29. The van der Waals surface area contributed by atoms with Crippen LogP contribution in [0.3, 0.4) is 0 Å². The number of amides is 1. The van der Waals surface area contributed by atoms with Crippen molar-refractivity contribution in [2.45, 2.75) is 26.7 Å². The van der Waals surface area contributed by atoms with Gasteiger partial charge < -0.3 is 14.6 Å². The van der Waals surface area contributed by atoms with E-state index in [9.17, 15) is 4.79 Å². The van der Waals surface area contributed by atoms with Crippen molar-refractivity contribution >= 4 is 16.9 Å². The number of rotatable bonds is 7. The van der Waals surface area contributed by atoms with Crippen molar-refractivity contribution in [3.05, 3.63) is 59.4 Å². The molecular weight excluding hydrogens is 326 g/mol. The number of carbonyl (C=O) groups excluding carboxylic acids is 1. The molecule has 0 aliphatic carbocycles. The minimum absolute atomic E-state index is 0.0383. The van der Waals surface area contributed by atoms with Crippen molar-refractivity contribution in [1.82, 2.24) is 14.9 Å². The zero-order chi connectivity index (χ0) is 18.5. The van der Waals surface area contributed by atoms with Gasteiger partial charge in [-0.15, -0.1) is 0 Å². The number of fused-ring (bicyclic) bond motifs is 1. The van der Waals surface area contributed by atoms with Gasteiger partial charge in [0.25, 0.3) is 5.91 Å². The van der Waals surface area contributed by atoms with Crippen LogP contribution in [0.4, 0.5) is 0 Å². The van der Waals surface area contributed by atoms with Gasteiger partial charge in [0.05, 0.1) is 11.0 Å². The molecule has 0 unspecified atom stereocenters. The Balaban J connectivity index is 1.43. The summed E-state index contributed by atoms with van der Waals surface area (Å²) in [6, 6.07) is 14.1. The first-order valence-corrected chi connectivity index (χ1v) is 8.91. The normalized spacial score (nSPS) is 10.9. The van der Waals surface area contributed by atoms with Gasteiger partial charge >= 0.3 is 0 Å². The van der Waals surface area contributed by atoms with Crippen LogP contribution in [0.15, 0.2) is 42.5 Å². The predicted molar refractivity (Wildman–Crippen MR) is 103 cm³/mol. The Kier molecular flexibility index (Phi) is 5.56. The van der Waals surface area contributed by atoms with Crippen LogP contribution in [-0.4, -0.2) is 28.6 Å². The fraction of sp³-hybridized carbons (Fsp3) is 0.333. The van der Waals surface area contributed by atoms with Crippen LogP contribution in [0.5, 0.6) is 5.75 Å². The fourth-order valence-electron chi connectivity index (χ4n) is 2.95. The summed E-state index contributed by atoms with van der Waals surface area (Å²) in [6.07, 6.45) is 1.66. The highest BCUT2D eigenvalue weighted by atomic mass is 16.5. The summed E-state index contributed by atoms with van der Waals surface area (Å²) in [6.45, 7) is 4.63. The molecule has 0 aliphatic rings. The van der Waals surface area contributed by atoms with Gasteiger partial charge in [0.2, 0.25) is 0 Å². The van der Waals surface area contributed by atoms with E-state index >= 15 is 0 Å². The zero-order valence-electron chi connectivity index (χ0n) is 15.6. The van der Waals surface area contributed by atoms with Crippen molar-refractivity contribution in [2.24, 2.45) is 7.05 Å². The summed E-state index contributed by atoms with van der Waals surface area (Å²) in [4.78, 5) is 16.6. The van der Waals surface area contributed by atoms with Crippen molar-refractivity contribution in [3.8, 4) is 5.75 Å². The van der Waals surface area contributed by atoms with Crippen LogP contribution in [0, 0.1) is 13.8 Å². The van der Waals surface area contributed by atoms with Gasteiger partial charge in [0, 0.05) is 20.0 Å². The van der Waals surface area contributed by atoms with E-state index < -0.39 is 0 Å². The molecule has 136 valence electrons. The molecule has 2 aromatic carbocycles. The van der Waals surface area contributed by atoms with Crippen LogP contribution < -0.4 is 10.1 Å². The summed E-state index contributed by atoms with van der Waals surface area (Å²) in [7, 11) is 2.03. The largest absolute Gasteiger partial charge is 0.483 e. The minimum Gasteiger partial charge on any atom is -0.483 e. The minimum atomic E-state index is -0.101. The smallest absolute Gasteiger partial charge is 0.257 e. The number of imidazole rings is 1.